The van der Waals surface area contributed by atoms with E-state index in [1.807, 2.05) is 4.98 Å². The molecule has 2 rings (SSSR count). The van der Waals surface area contributed by atoms with Gasteiger partial charge in [-0.25, -0.2) is 18.5 Å². The van der Waals surface area contributed by atoms with Gasteiger partial charge in [-0.2, -0.15) is 8.62 Å². The first-order valence-electron chi connectivity index (χ1n) is 7.71. The lowest BCUT2D eigenvalue weighted by Crippen LogP contribution is -2.44. The van der Waals surface area contributed by atoms with Crippen molar-refractivity contribution in [3.8, 4) is 0 Å². The van der Waals surface area contributed by atoms with E-state index in [4.69, 9.17) is 24.9 Å². The smallest absolute Gasteiger partial charge is 0.387 e. The number of aliphatic hydroxyl groups excluding tert-OH is 2. The second-order valence-electron chi connectivity index (χ2n) is 5.86. The molecule has 32 heavy (non-hydrogen) atoms. The van der Waals surface area contributed by atoms with Crippen LogP contribution < -0.4 is 11.2 Å². The number of hydrogen-bond acceptors (Lipinski definition) is 12. The average molecular weight is 525 g/mol. The van der Waals surface area contributed by atoms with Crippen molar-refractivity contribution in [1.29, 1.82) is 0 Å². The third kappa shape index (κ3) is 6.41. The molecule has 23 heteroatoms. The molecule has 0 radical (unpaired) electrons. The minimum Gasteiger partial charge on any atom is -0.387 e. The molecule has 7 N–H and O–H groups in total. The number of nitrogens with zero attached hydrogens (tertiary/aromatic N) is 4. The number of aliphatic hydroxyl groups is 2. The monoisotopic (exact) mass is 525 g/mol. The van der Waals surface area contributed by atoms with Crippen LogP contribution >= 0.6 is 23.5 Å². The van der Waals surface area contributed by atoms with Crippen molar-refractivity contribution in [2.75, 3.05) is 6.61 Å². The van der Waals surface area contributed by atoms with Crippen LogP contribution in [0.3, 0.4) is 0 Å². The Morgan fingerprint density at radius 2 is 1.81 bits per heavy atom. The molecule has 0 spiro atoms. The number of H-pyrrole nitrogens is 1. The lowest BCUT2D eigenvalue weighted by atomic mass is 10.1. The number of nitrogens with one attached hydrogen (secondary N) is 1. The van der Waals surface area contributed by atoms with Crippen molar-refractivity contribution in [3.05, 3.63) is 43.5 Å². The lowest BCUT2D eigenvalue weighted by molar-refractivity contribution is -0.123. The van der Waals surface area contributed by atoms with Gasteiger partial charge >= 0.3 is 29.2 Å². The molecule has 1 aromatic rings. The maximum absolute atomic E-state index is 11.9. The molecule has 20 nitrogen and oxygen atoms in total. The van der Waals surface area contributed by atoms with Crippen molar-refractivity contribution in [1.82, 2.24) is 9.55 Å². The van der Waals surface area contributed by atoms with E-state index in [0.717, 1.165) is 12.3 Å². The Morgan fingerprint density at radius 3 is 2.34 bits per heavy atom. The number of hydrogen-bond donors (Lipinski definition) is 7. The molecule has 0 saturated carbocycles. The molecular weight excluding hydrogens is 511 g/mol. The molecule has 0 aliphatic carbocycles. The predicted octanol–water partition coefficient (Wildman–Crippen LogP) is -1.86. The van der Waals surface area contributed by atoms with E-state index < -0.39 is 65.5 Å². The number of phosphoric ester groups is 1. The zero-order valence-electron chi connectivity index (χ0n) is 15.1. The van der Waals surface area contributed by atoms with E-state index in [9.17, 15) is 38.4 Å². The van der Waals surface area contributed by atoms with Crippen molar-refractivity contribution >= 4 is 23.5 Å². The van der Waals surface area contributed by atoms with Gasteiger partial charge in [0.05, 0.1) is 6.61 Å². The van der Waals surface area contributed by atoms with Gasteiger partial charge in [0.25, 0.3) is 5.56 Å². The average Bonchev–Trinajstić information content (AvgIpc) is 2.83. The van der Waals surface area contributed by atoms with Crippen LogP contribution in [-0.2, 0) is 31.6 Å². The van der Waals surface area contributed by atoms with Crippen LogP contribution in [0.25, 0.3) is 10.4 Å². The summed E-state index contributed by atoms with van der Waals surface area (Å²) in [5, 5.41) is 23.5. The number of phosphoric acid groups is 3. The Balaban J connectivity index is 2.28. The maximum atomic E-state index is 11.9. The summed E-state index contributed by atoms with van der Waals surface area (Å²) >= 11 is 0. The van der Waals surface area contributed by atoms with Gasteiger partial charge < -0.3 is 34.5 Å². The van der Waals surface area contributed by atoms with Gasteiger partial charge in [0, 0.05) is 17.2 Å². The minimum atomic E-state index is -5.87. The first-order valence-corrected chi connectivity index (χ1v) is 12.2. The molecular formula is C9H14N5O15P3. The molecule has 0 aromatic carbocycles. The fourth-order valence-corrected chi connectivity index (χ4v) is 5.45. The fraction of sp³-hybridized carbons (Fsp3) is 0.556. The number of rotatable bonds is 9. The Bertz CT molecular complexity index is 1170. The van der Waals surface area contributed by atoms with Crippen LogP contribution in [0, 0.1) is 0 Å². The van der Waals surface area contributed by atoms with Gasteiger partial charge in [0.15, 0.2) is 6.23 Å². The lowest BCUT2D eigenvalue weighted by Gasteiger charge is -2.27. The van der Waals surface area contributed by atoms with E-state index in [1.165, 1.54) is 0 Å². The highest BCUT2D eigenvalue weighted by atomic mass is 31.3. The predicted molar refractivity (Wildman–Crippen MR) is 95.2 cm³/mol. The topological polar surface area (TPSA) is 313 Å². The third-order valence-corrected chi connectivity index (χ3v) is 7.38. The fourth-order valence-electron chi connectivity index (χ4n) is 2.40. The summed E-state index contributed by atoms with van der Waals surface area (Å²) in [6.07, 6.45) is -5.27. The van der Waals surface area contributed by atoms with Crippen LogP contribution in [0.4, 0.5) is 0 Å². The summed E-state index contributed by atoms with van der Waals surface area (Å²) in [7, 11) is -17.2. The highest BCUT2D eigenvalue weighted by molar-refractivity contribution is 7.66. The summed E-state index contributed by atoms with van der Waals surface area (Å²) < 4.78 is 50.8. The molecule has 1 aliphatic rings. The van der Waals surface area contributed by atoms with Crippen LogP contribution in [0.1, 0.15) is 6.23 Å². The van der Waals surface area contributed by atoms with Crippen molar-refractivity contribution in [3.63, 3.8) is 0 Å². The highest BCUT2D eigenvalue weighted by Gasteiger charge is 2.56. The number of aromatic amines is 1. The summed E-state index contributed by atoms with van der Waals surface area (Å²) in [5.74, 6) is 0. The van der Waals surface area contributed by atoms with Gasteiger partial charge in [0.1, 0.15) is 12.2 Å². The molecule has 0 bridgehead atoms. The largest absolute Gasteiger partial charge is 0.490 e. The summed E-state index contributed by atoms with van der Waals surface area (Å²) in [6.45, 7) is -1.46. The zero-order valence-corrected chi connectivity index (χ0v) is 17.8. The maximum Gasteiger partial charge on any atom is 0.490 e. The first-order chi connectivity index (χ1) is 14.5. The van der Waals surface area contributed by atoms with Crippen molar-refractivity contribution in [2.45, 2.75) is 24.2 Å². The minimum absolute atomic E-state index is 0.564. The second kappa shape index (κ2) is 9.26. The molecule has 1 fully saturated rings. The summed E-state index contributed by atoms with van der Waals surface area (Å²) in [6, 6.07) is 0.837. The van der Waals surface area contributed by atoms with Crippen molar-refractivity contribution < 1.29 is 61.4 Å². The first kappa shape index (κ1) is 26.5. The molecule has 4 unspecified atom stereocenters. The number of azide groups is 1. The van der Waals surface area contributed by atoms with Crippen LogP contribution in [0.15, 0.2) is 27.0 Å². The summed E-state index contributed by atoms with van der Waals surface area (Å²) in [4.78, 5) is 62.8. The van der Waals surface area contributed by atoms with E-state index in [-0.39, 0.29) is 0 Å². The van der Waals surface area contributed by atoms with Gasteiger partial charge in [-0.3, -0.25) is 18.9 Å². The van der Waals surface area contributed by atoms with E-state index >= 15 is 0 Å². The molecule has 6 atom stereocenters. The van der Waals surface area contributed by atoms with E-state index in [2.05, 4.69) is 23.2 Å². The third-order valence-electron chi connectivity index (χ3n) is 3.59. The Morgan fingerprint density at radius 1 is 1.19 bits per heavy atom. The molecule has 0 amide bonds. The number of aromatic nitrogens is 2. The molecule has 2 heterocycles. The van der Waals surface area contributed by atoms with Crippen LogP contribution in [0.2, 0.25) is 0 Å². The van der Waals surface area contributed by atoms with Gasteiger partial charge in [-0.1, -0.05) is 5.11 Å². The Labute approximate surface area is 174 Å². The molecule has 1 aromatic heterocycles. The van der Waals surface area contributed by atoms with Crippen molar-refractivity contribution in [2.24, 2.45) is 5.11 Å². The van der Waals surface area contributed by atoms with Crippen LogP contribution in [0.5, 0.6) is 0 Å². The van der Waals surface area contributed by atoms with Crippen LogP contribution in [-0.4, -0.2) is 63.9 Å². The normalized spacial score (nSPS) is 29.6. The number of ether oxygens (including phenoxy) is 1. The zero-order chi connectivity index (χ0) is 24.5. The Kier molecular flexibility index (Phi) is 7.68. The van der Waals surface area contributed by atoms with Gasteiger partial charge in [-0.15, -0.1) is 0 Å². The summed E-state index contributed by atoms with van der Waals surface area (Å²) in [5.41, 5.74) is 4.06. The molecule has 180 valence electrons. The van der Waals surface area contributed by atoms with Gasteiger partial charge in [-0.05, 0) is 5.53 Å². The van der Waals surface area contributed by atoms with Gasteiger partial charge in [0.2, 0.25) is 5.72 Å². The van der Waals surface area contributed by atoms with E-state index in [1.54, 1.807) is 0 Å². The SMILES string of the molecule is [N-]=[N+]=N[C@@]1(COP(=O)(O)OP(=O)(O)OP(=O)(O)O)O[C@H](n2ccc(=O)[nH]c2=O)C(O)C1O. The molecule has 1 saturated heterocycles. The Hall–Kier alpha value is -1.72. The highest BCUT2D eigenvalue weighted by Crippen LogP contribution is 2.66. The second-order valence-corrected chi connectivity index (χ2v) is 10.3. The molecule has 1 aliphatic heterocycles. The van der Waals surface area contributed by atoms with E-state index in [0.29, 0.717) is 4.57 Å². The quantitative estimate of drug-likeness (QED) is 0.0804. The standard InChI is InChI=1S/C9H14N5O15P3/c10-13-12-9(3-26-31(22,23)29-32(24,25)28-30(19,20)21)6(17)5(16)7(27-9)14-2-1-4(15)11-8(14)18/h1-2,5-7,16-17H,3H2,(H,22,23)(H,24,25)(H,11,15,18)(H2,19,20,21)/t5?,6?,7-,9-/m0/s1.